The molecule has 0 atom stereocenters. The van der Waals surface area contributed by atoms with E-state index in [-0.39, 0.29) is 11.8 Å². The van der Waals surface area contributed by atoms with Crippen LogP contribution in [0.4, 0.5) is 0 Å². The van der Waals surface area contributed by atoms with Crippen molar-refractivity contribution < 1.29 is 4.42 Å². The molecular formula is C44H33N3O. The van der Waals surface area contributed by atoms with Crippen molar-refractivity contribution >= 4 is 60.3 Å². The summed E-state index contributed by atoms with van der Waals surface area (Å²) in [6, 6.07) is 43.1. The maximum absolute atomic E-state index is 10.9. The van der Waals surface area contributed by atoms with E-state index in [1.54, 1.807) is 0 Å². The lowest BCUT2D eigenvalue weighted by atomic mass is 9.81. The van der Waals surface area contributed by atoms with E-state index in [4.69, 9.17) is 9.40 Å². The van der Waals surface area contributed by atoms with Crippen LogP contribution < -0.4 is 0 Å². The van der Waals surface area contributed by atoms with Crippen LogP contribution in [-0.4, -0.2) is 9.38 Å². The molecule has 0 saturated heterocycles. The lowest BCUT2D eigenvalue weighted by Crippen LogP contribution is -2.03. The van der Waals surface area contributed by atoms with Gasteiger partial charge in [0.05, 0.1) is 16.6 Å². The zero-order valence-corrected chi connectivity index (χ0v) is 27.4. The quantitative estimate of drug-likeness (QED) is 0.184. The monoisotopic (exact) mass is 619 g/mol. The molecule has 3 heterocycles. The molecule has 0 bridgehead atoms. The number of imidazole rings is 1. The van der Waals surface area contributed by atoms with Crippen LogP contribution in [0.3, 0.4) is 0 Å². The second-order valence-corrected chi connectivity index (χ2v) is 13.4. The number of para-hydroxylation sites is 2. The average molecular weight is 620 g/mol. The minimum absolute atomic E-state index is 0.249. The van der Waals surface area contributed by atoms with E-state index >= 15 is 0 Å². The van der Waals surface area contributed by atoms with Gasteiger partial charge >= 0.3 is 0 Å². The van der Waals surface area contributed by atoms with E-state index < -0.39 is 0 Å². The molecule has 0 radical (unpaired) electrons. The number of furan rings is 1. The van der Waals surface area contributed by atoms with Gasteiger partial charge in [-0.15, -0.1) is 0 Å². The van der Waals surface area contributed by atoms with Crippen molar-refractivity contribution in [2.75, 3.05) is 0 Å². The topological polar surface area (TPSA) is 54.2 Å². The molecule has 9 aromatic rings. The maximum Gasteiger partial charge on any atom is 0.160 e. The van der Waals surface area contributed by atoms with E-state index in [0.717, 1.165) is 65.8 Å². The first kappa shape index (κ1) is 28.3. The van der Waals surface area contributed by atoms with Crippen molar-refractivity contribution in [1.82, 2.24) is 9.38 Å². The average Bonchev–Trinajstić information content (AvgIpc) is 3.70. The Labute approximate surface area is 278 Å². The van der Waals surface area contributed by atoms with Crippen molar-refractivity contribution in [2.24, 2.45) is 0 Å². The van der Waals surface area contributed by atoms with Crippen LogP contribution >= 0.6 is 0 Å². The van der Waals surface area contributed by atoms with Crippen LogP contribution in [0.5, 0.6) is 0 Å². The van der Waals surface area contributed by atoms with E-state index in [1.807, 2.05) is 6.07 Å². The summed E-state index contributed by atoms with van der Waals surface area (Å²) in [4.78, 5) is 5.09. The fraction of sp³-hybridized carbons (Fsp3) is 0.136. The summed E-state index contributed by atoms with van der Waals surface area (Å²) >= 11 is 0. The van der Waals surface area contributed by atoms with Gasteiger partial charge in [-0.3, -0.25) is 4.40 Å². The van der Waals surface area contributed by atoms with Crippen LogP contribution in [0.1, 0.15) is 56.2 Å². The zero-order valence-electron chi connectivity index (χ0n) is 27.4. The molecule has 0 unspecified atom stereocenters. The highest BCUT2D eigenvalue weighted by Crippen LogP contribution is 2.45. The number of hydrogen-bond donors (Lipinski definition) is 0. The van der Waals surface area contributed by atoms with Crippen LogP contribution in [-0.2, 0) is 0 Å². The Kier molecular flexibility index (Phi) is 6.22. The van der Waals surface area contributed by atoms with Crippen LogP contribution in [0, 0.1) is 11.3 Å². The van der Waals surface area contributed by atoms with Gasteiger partial charge in [-0.05, 0) is 69.3 Å². The van der Waals surface area contributed by atoms with Crippen molar-refractivity contribution in [1.29, 1.82) is 5.26 Å². The lowest BCUT2D eigenvalue weighted by molar-refractivity contribution is 0.670. The minimum Gasteiger partial charge on any atom is -0.452 e. The van der Waals surface area contributed by atoms with Crippen molar-refractivity contribution in [2.45, 2.75) is 39.5 Å². The molecule has 0 aliphatic heterocycles. The number of benzene rings is 6. The minimum atomic E-state index is 0.249. The van der Waals surface area contributed by atoms with Crippen molar-refractivity contribution in [3.05, 3.63) is 132 Å². The van der Waals surface area contributed by atoms with Gasteiger partial charge in [-0.25, -0.2) is 4.98 Å². The molecule has 4 heteroatoms. The number of rotatable bonds is 4. The highest BCUT2D eigenvalue weighted by Gasteiger charge is 2.25. The predicted octanol–water partition coefficient (Wildman–Crippen LogP) is 12.1. The van der Waals surface area contributed by atoms with Gasteiger partial charge in [0, 0.05) is 27.1 Å². The molecule has 48 heavy (non-hydrogen) atoms. The SMILES string of the molecule is CC(C)c1cc(-c2ccccc2)cc(C(C)C)c1-c1ccc2c(oc3c2ccc2c4ccccc4c4nc5ccccc5n4c23)c1C#N. The summed E-state index contributed by atoms with van der Waals surface area (Å²) in [5.41, 5.74) is 12.7. The summed E-state index contributed by atoms with van der Waals surface area (Å²) in [6.45, 7) is 8.95. The highest BCUT2D eigenvalue weighted by molar-refractivity contribution is 6.23. The number of nitriles is 1. The molecule has 6 aromatic carbocycles. The smallest absolute Gasteiger partial charge is 0.160 e. The second kappa shape index (κ2) is 10.6. The largest absolute Gasteiger partial charge is 0.452 e. The predicted molar refractivity (Wildman–Crippen MR) is 199 cm³/mol. The molecule has 230 valence electrons. The fourth-order valence-corrected chi connectivity index (χ4v) is 7.70. The summed E-state index contributed by atoms with van der Waals surface area (Å²) < 4.78 is 9.18. The van der Waals surface area contributed by atoms with Gasteiger partial charge in [-0.1, -0.05) is 119 Å². The Morgan fingerprint density at radius 2 is 1.25 bits per heavy atom. The fourth-order valence-electron chi connectivity index (χ4n) is 7.70. The first-order valence-electron chi connectivity index (χ1n) is 16.7. The van der Waals surface area contributed by atoms with E-state index in [0.29, 0.717) is 11.1 Å². The third kappa shape index (κ3) is 3.98. The molecule has 0 fully saturated rings. The number of aromatic nitrogens is 2. The summed E-state index contributed by atoms with van der Waals surface area (Å²) in [5.74, 6) is 0.498. The van der Waals surface area contributed by atoms with Gasteiger partial charge in [-0.2, -0.15) is 5.26 Å². The summed E-state index contributed by atoms with van der Waals surface area (Å²) in [6.07, 6.45) is 0. The molecule has 3 aromatic heterocycles. The Hall–Kier alpha value is -5.92. The van der Waals surface area contributed by atoms with E-state index in [2.05, 4.69) is 147 Å². The first-order valence-corrected chi connectivity index (χ1v) is 16.7. The Morgan fingerprint density at radius 1 is 0.625 bits per heavy atom. The standard InChI is InChI=1S/C44H33N3O/c1-25(2)35-22-28(27-12-6-5-7-13-27)23-36(26(3)4)40(35)30-18-20-32-33-21-19-31-29-14-8-9-15-34(29)44-46-38-16-10-11-17-39(38)47(44)41(31)43(33)48-42(32)37(30)24-45/h5-23,25-26H,1-4H3. The Balaban J connectivity index is 1.40. The number of fused-ring (bicyclic) bond motifs is 12. The first-order chi connectivity index (χ1) is 23.4. The maximum atomic E-state index is 10.9. The molecular weight excluding hydrogens is 587 g/mol. The van der Waals surface area contributed by atoms with Gasteiger partial charge in [0.2, 0.25) is 0 Å². The number of hydrogen-bond acceptors (Lipinski definition) is 3. The van der Waals surface area contributed by atoms with Crippen molar-refractivity contribution in [3.63, 3.8) is 0 Å². The van der Waals surface area contributed by atoms with Gasteiger partial charge in [0.1, 0.15) is 17.3 Å². The lowest BCUT2D eigenvalue weighted by Gasteiger charge is -2.23. The number of pyridine rings is 1. The van der Waals surface area contributed by atoms with Gasteiger partial charge < -0.3 is 4.42 Å². The zero-order chi connectivity index (χ0) is 32.7. The molecule has 0 amide bonds. The summed E-state index contributed by atoms with van der Waals surface area (Å²) in [5, 5.41) is 16.1. The molecule has 4 nitrogen and oxygen atoms in total. The van der Waals surface area contributed by atoms with Crippen molar-refractivity contribution in [3.8, 4) is 28.3 Å². The van der Waals surface area contributed by atoms with Gasteiger partial charge in [0.25, 0.3) is 0 Å². The molecule has 0 aliphatic rings. The summed E-state index contributed by atoms with van der Waals surface area (Å²) in [7, 11) is 0. The Bertz CT molecular complexity index is 2760. The second-order valence-electron chi connectivity index (χ2n) is 13.4. The molecule has 0 aliphatic carbocycles. The Morgan fingerprint density at radius 3 is 1.98 bits per heavy atom. The van der Waals surface area contributed by atoms with Crippen LogP contribution in [0.15, 0.2) is 120 Å². The molecule has 0 N–H and O–H groups in total. The third-order valence-corrected chi connectivity index (χ3v) is 9.96. The number of nitrogens with zero attached hydrogens (tertiary/aromatic N) is 3. The molecule has 0 saturated carbocycles. The normalized spacial score (nSPS) is 12.1. The van der Waals surface area contributed by atoms with E-state index in [9.17, 15) is 5.26 Å². The van der Waals surface area contributed by atoms with Crippen LogP contribution in [0.25, 0.3) is 82.5 Å². The molecule has 0 spiro atoms. The van der Waals surface area contributed by atoms with Crippen LogP contribution in [0.2, 0.25) is 0 Å². The third-order valence-electron chi connectivity index (χ3n) is 9.96. The highest BCUT2D eigenvalue weighted by atomic mass is 16.3. The van der Waals surface area contributed by atoms with Gasteiger partial charge in [0.15, 0.2) is 11.2 Å². The molecule has 9 rings (SSSR count). The van der Waals surface area contributed by atoms with E-state index in [1.165, 1.54) is 22.3 Å².